The maximum absolute atomic E-state index is 12.6. The van der Waals surface area contributed by atoms with Crippen LogP contribution in [0.4, 0.5) is 0 Å². The minimum atomic E-state index is -3.69. The van der Waals surface area contributed by atoms with Crippen molar-refractivity contribution in [3.63, 3.8) is 0 Å². The molecule has 7 heteroatoms. The van der Waals surface area contributed by atoms with Gasteiger partial charge in [-0.2, -0.15) is 9.82 Å². The van der Waals surface area contributed by atoms with Gasteiger partial charge in [0.25, 0.3) is 0 Å². The molecule has 3 aromatic rings. The standard InChI is InChI=1S/C17H15N3O3S/c21-24(22,19-16-12-23-17-9-5-4-8-15(16)17)14-10-18-20(11-14)13-6-2-1-3-7-13/h1-11,16,19H,12H2/t16-/m0/s1. The van der Waals surface area contributed by atoms with Crippen LogP contribution < -0.4 is 9.46 Å². The highest BCUT2D eigenvalue weighted by Gasteiger charge is 2.29. The molecule has 0 saturated carbocycles. The monoisotopic (exact) mass is 341 g/mol. The molecule has 1 atom stereocenters. The number of hydrogen-bond donors (Lipinski definition) is 1. The fourth-order valence-corrected chi connectivity index (χ4v) is 3.81. The van der Waals surface area contributed by atoms with E-state index >= 15 is 0 Å². The Kier molecular flexibility index (Phi) is 3.59. The smallest absolute Gasteiger partial charge is 0.244 e. The zero-order valence-corrected chi connectivity index (χ0v) is 13.5. The number of ether oxygens (including phenoxy) is 1. The second kappa shape index (κ2) is 5.77. The predicted octanol–water partition coefficient (Wildman–Crippen LogP) is 2.28. The highest BCUT2D eigenvalue weighted by atomic mass is 32.2. The number of sulfonamides is 1. The number of nitrogens with zero attached hydrogens (tertiary/aromatic N) is 2. The van der Waals surface area contributed by atoms with Crippen LogP contribution in [0.1, 0.15) is 11.6 Å². The molecule has 0 bridgehead atoms. The fraction of sp³-hybridized carbons (Fsp3) is 0.118. The lowest BCUT2D eigenvalue weighted by atomic mass is 10.1. The van der Waals surface area contributed by atoms with Crippen LogP contribution in [0.3, 0.4) is 0 Å². The Labute approximate surface area is 139 Å². The molecule has 122 valence electrons. The van der Waals surface area contributed by atoms with Crippen molar-refractivity contribution in [2.45, 2.75) is 10.9 Å². The van der Waals surface area contributed by atoms with Crippen LogP contribution in [-0.2, 0) is 10.0 Å². The first-order chi connectivity index (χ1) is 11.6. The van der Waals surface area contributed by atoms with Gasteiger partial charge in [-0.15, -0.1) is 0 Å². The number of benzene rings is 2. The Morgan fingerprint density at radius 3 is 2.67 bits per heavy atom. The molecule has 1 aromatic heterocycles. The van der Waals surface area contributed by atoms with E-state index in [-0.39, 0.29) is 11.5 Å². The fourth-order valence-electron chi connectivity index (χ4n) is 2.68. The van der Waals surface area contributed by atoms with E-state index in [1.807, 2.05) is 54.6 Å². The average Bonchev–Trinajstić information content (AvgIpc) is 3.24. The lowest BCUT2D eigenvalue weighted by molar-refractivity contribution is 0.325. The summed E-state index contributed by atoms with van der Waals surface area (Å²) in [6.45, 7) is 0.283. The lowest BCUT2D eigenvalue weighted by Gasteiger charge is -2.11. The topological polar surface area (TPSA) is 73.2 Å². The van der Waals surface area contributed by atoms with Crippen molar-refractivity contribution < 1.29 is 13.2 Å². The molecule has 2 heterocycles. The van der Waals surface area contributed by atoms with Gasteiger partial charge in [-0.25, -0.2) is 13.1 Å². The van der Waals surface area contributed by atoms with E-state index < -0.39 is 16.1 Å². The Bertz CT molecular complexity index is 968. The minimum Gasteiger partial charge on any atom is -0.491 e. The van der Waals surface area contributed by atoms with Crippen LogP contribution in [0.5, 0.6) is 5.75 Å². The first-order valence-electron chi connectivity index (χ1n) is 7.48. The van der Waals surface area contributed by atoms with Gasteiger partial charge in [0.1, 0.15) is 17.3 Å². The number of nitrogens with one attached hydrogen (secondary N) is 1. The summed E-state index contributed by atoms with van der Waals surface area (Å²) in [7, 11) is -3.69. The molecule has 0 unspecified atom stereocenters. The first-order valence-corrected chi connectivity index (χ1v) is 8.96. The highest BCUT2D eigenvalue weighted by Crippen LogP contribution is 2.32. The average molecular weight is 341 g/mol. The van der Waals surface area contributed by atoms with Crippen molar-refractivity contribution in [1.82, 2.24) is 14.5 Å². The lowest BCUT2D eigenvalue weighted by Crippen LogP contribution is -2.29. The van der Waals surface area contributed by atoms with Crippen molar-refractivity contribution in [3.05, 3.63) is 72.6 Å². The molecule has 24 heavy (non-hydrogen) atoms. The van der Waals surface area contributed by atoms with E-state index in [9.17, 15) is 8.42 Å². The van der Waals surface area contributed by atoms with Crippen LogP contribution in [0, 0.1) is 0 Å². The van der Waals surface area contributed by atoms with Gasteiger partial charge in [-0.05, 0) is 18.2 Å². The van der Waals surface area contributed by atoms with E-state index in [4.69, 9.17) is 4.74 Å². The summed E-state index contributed by atoms with van der Waals surface area (Å²) in [5, 5.41) is 4.14. The SMILES string of the molecule is O=S(=O)(N[C@H]1COc2ccccc21)c1cnn(-c2ccccc2)c1. The molecule has 6 nitrogen and oxygen atoms in total. The van der Waals surface area contributed by atoms with Gasteiger partial charge in [0.05, 0.1) is 24.1 Å². The number of rotatable bonds is 4. The van der Waals surface area contributed by atoms with E-state index in [1.165, 1.54) is 17.1 Å². The third-order valence-electron chi connectivity index (χ3n) is 3.89. The molecule has 1 aliphatic rings. The van der Waals surface area contributed by atoms with E-state index in [0.29, 0.717) is 5.75 Å². The normalized spacial score (nSPS) is 16.6. The van der Waals surface area contributed by atoms with Crippen molar-refractivity contribution in [3.8, 4) is 11.4 Å². The minimum absolute atomic E-state index is 0.121. The summed E-state index contributed by atoms with van der Waals surface area (Å²) in [5.41, 5.74) is 1.64. The third kappa shape index (κ3) is 2.68. The molecule has 0 spiro atoms. The maximum atomic E-state index is 12.6. The predicted molar refractivity (Wildman–Crippen MR) is 88.6 cm³/mol. The van der Waals surface area contributed by atoms with Crippen LogP contribution in [-0.4, -0.2) is 24.8 Å². The molecule has 2 aromatic carbocycles. The summed E-state index contributed by atoms with van der Waals surface area (Å²) < 4.78 is 35.0. The molecular formula is C17H15N3O3S. The molecule has 0 amide bonds. The summed E-state index contributed by atoms with van der Waals surface area (Å²) >= 11 is 0. The van der Waals surface area contributed by atoms with Gasteiger partial charge < -0.3 is 4.74 Å². The number of fused-ring (bicyclic) bond motifs is 1. The summed E-state index contributed by atoms with van der Waals surface area (Å²) in [4.78, 5) is 0.121. The van der Waals surface area contributed by atoms with Gasteiger partial charge in [0.2, 0.25) is 10.0 Å². The Morgan fingerprint density at radius 1 is 1.08 bits per heavy atom. The van der Waals surface area contributed by atoms with Crippen LogP contribution in [0.25, 0.3) is 5.69 Å². The quantitative estimate of drug-likeness (QED) is 0.790. The van der Waals surface area contributed by atoms with Crippen LogP contribution >= 0.6 is 0 Å². The molecule has 0 aliphatic carbocycles. The second-order valence-electron chi connectivity index (χ2n) is 5.48. The van der Waals surface area contributed by atoms with Gasteiger partial charge in [-0.3, -0.25) is 0 Å². The maximum Gasteiger partial charge on any atom is 0.244 e. The summed E-state index contributed by atoms with van der Waals surface area (Å²) in [6.07, 6.45) is 2.84. The van der Waals surface area contributed by atoms with Crippen molar-refractivity contribution in [2.24, 2.45) is 0 Å². The van der Waals surface area contributed by atoms with Gasteiger partial charge in [0.15, 0.2) is 0 Å². The number of para-hydroxylation sites is 2. The first kappa shape index (κ1) is 14.9. The largest absolute Gasteiger partial charge is 0.491 e. The molecule has 1 aliphatic heterocycles. The Balaban J connectivity index is 1.59. The number of aromatic nitrogens is 2. The second-order valence-corrected chi connectivity index (χ2v) is 7.19. The van der Waals surface area contributed by atoms with Gasteiger partial charge in [0, 0.05) is 5.56 Å². The van der Waals surface area contributed by atoms with E-state index in [1.54, 1.807) is 0 Å². The van der Waals surface area contributed by atoms with Crippen LogP contribution in [0.15, 0.2) is 71.9 Å². The molecule has 0 saturated heterocycles. The van der Waals surface area contributed by atoms with Gasteiger partial charge >= 0.3 is 0 Å². The van der Waals surface area contributed by atoms with E-state index in [0.717, 1.165) is 11.3 Å². The van der Waals surface area contributed by atoms with Crippen molar-refractivity contribution in [2.75, 3.05) is 6.61 Å². The van der Waals surface area contributed by atoms with Crippen molar-refractivity contribution >= 4 is 10.0 Å². The van der Waals surface area contributed by atoms with E-state index in [2.05, 4.69) is 9.82 Å². The molecule has 4 rings (SSSR count). The summed E-state index contributed by atoms with van der Waals surface area (Å²) in [6, 6.07) is 16.4. The van der Waals surface area contributed by atoms with Crippen molar-refractivity contribution in [1.29, 1.82) is 0 Å². The number of hydrogen-bond acceptors (Lipinski definition) is 4. The Morgan fingerprint density at radius 2 is 1.83 bits per heavy atom. The van der Waals surface area contributed by atoms with Crippen LogP contribution in [0.2, 0.25) is 0 Å². The molecular weight excluding hydrogens is 326 g/mol. The molecule has 0 radical (unpaired) electrons. The molecule has 1 N–H and O–H groups in total. The van der Waals surface area contributed by atoms with Gasteiger partial charge in [-0.1, -0.05) is 36.4 Å². The molecule has 0 fully saturated rings. The summed E-state index contributed by atoms with van der Waals surface area (Å²) in [5.74, 6) is 0.713. The zero-order chi connectivity index (χ0) is 16.6. The third-order valence-corrected chi connectivity index (χ3v) is 5.31. The zero-order valence-electron chi connectivity index (χ0n) is 12.7. The highest BCUT2D eigenvalue weighted by molar-refractivity contribution is 7.89. The Hall–Kier alpha value is -2.64.